The normalized spacial score (nSPS) is 11.2. The van der Waals surface area contributed by atoms with Crippen LogP contribution in [0.3, 0.4) is 0 Å². The van der Waals surface area contributed by atoms with E-state index in [4.69, 9.17) is 0 Å². The second-order valence-electron chi connectivity index (χ2n) is 6.81. The second kappa shape index (κ2) is 10.4. The van der Waals surface area contributed by atoms with E-state index in [1.54, 1.807) is 26.0 Å². The van der Waals surface area contributed by atoms with Gasteiger partial charge in [0.2, 0.25) is 0 Å². The van der Waals surface area contributed by atoms with Crippen molar-refractivity contribution in [1.82, 2.24) is 15.5 Å². The van der Waals surface area contributed by atoms with Crippen LogP contribution in [0.1, 0.15) is 27.0 Å². The Morgan fingerprint density at radius 1 is 0.963 bits per heavy atom. The van der Waals surface area contributed by atoms with Gasteiger partial charge in [0, 0.05) is 39.8 Å². The molecule has 0 spiro atoms. The molecule has 0 atom stereocenters. The predicted molar refractivity (Wildman–Crippen MR) is 112 cm³/mol. The molecular formula is C22H30N4O. The zero-order chi connectivity index (χ0) is 19.6. The first-order valence-corrected chi connectivity index (χ1v) is 9.30. The molecule has 0 aliphatic rings. The van der Waals surface area contributed by atoms with Crippen LogP contribution >= 0.6 is 0 Å². The number of aliphatic imine (C=N–C) groups is 1. The van der Waals surface area contributed by atoms with Crippen molar-refractivity contribution in [2.75, 3.05) is 34.2 Å². The van der Waals surface area contributed by atoms with Crippen molar-refractivity contribution in [2.45, 2.75) is 19.8 Å². The number of carbonyl (C=O) groups excluding carboxylic acids is 1. The predicted octanol–water partition coefficient (Wildman–Crippen LogP) is 2.65. The van der Waals surface area contributed by atoms with Gasteiger partial charge in [-0.05, 0) is 43.0 Å². The summed E-state index contributed by atoms with van der Waals surface area (Å²) in [6, 6.07) is 16.3. The van der Waals surface area contributed by atoms with Gasteiger partial charge in [-0.15, -0.1) is 0 Å². The lowest BCUT2D eigenvalue weighted by Gasteiger charge is -2.13. The maximum atomic E-state index is 12.1. The van der Waals surface area contributed by atoms with Crippen molar-refractivity contribution in [3.63, 3.8) is 0 Å². The van der Waals surface area contributed by atoms with Crippen LogP contribution in [0.2, 0.25) is 0 Å². The van der Waals surface area contributed by atoms with E-state index in [0.717, 1.165) is 43.0 Å². The lowest BCUT2D eigenvalue weighted by atomic mass is 10.1. The molecule has 2 N–H and O–H groups in total. The van der Waals surface area contributed by atoms with Crippen molar-refractivity contribution >= 4 is 11.9 Å². The molecule has 2 rings (SSSR count). The number of carbonyl (C=O) groups is 1. The number of aryl methyl sites for hydroxylation is 1. The third-order valence-corrected chi connectivity index (χ3v) is 4.30. The van der Waals surface area contributed by atoms with Crippen LogP contribution in [-0.2, 0) is 12.8 Å². The topological polar surface area (TPSA) is 56.7 Å². The molecule has 0 saturated carbocycles. The Morgan fingerprint density at radius 3 is 2.11 bits per heavy atom. The lowest BCUT2D eigenvalue weighted by Crippen LogP contribution is -2.39. The third-order valence-electron chi connectivity index (χ3n) is 4.30. The number of amides is 1. The van der Waals surface area contributed by atoms with Crippen LogP contribution < -0.4 is 10.6 Å². The lowest BCUT2D eigenvalue weighted by molar-refractivity contribution is 0.0827. The number of nitrogens with zero attached hydrogens (tertiary/aromatic N) is 2. The Balaban J connectivity index is 1.78. The van der Waals surface area contributed by atoms with E-state index in [9.17, 15) is 4.79 Å². The molecule has 27 heavy (non-hydrogen) atoms. The van der Waals surface area contributed by atoms with Gasteiger partial charge in [-0.25, -0.2) is 0 Å². The molecular weight excluding hydrogens is 336 g/mol. The van der Waals surface area contributed by atoms with Crippen LogP contribution in [-0.4, -0.2) is 51.0 Å². The van der Waals surface area contributed by atoms with E-state index in [1.165, 1.54) is 11.1 Å². The first kappa shape index (κ1) is 20.5. The quantitative estimate of drug-likeness (QED) is 0.585. The number of hydrogen-bond acceptors (Lipinski definition) is 2. The fourth-order valence-electron chi connectivity index (χ4n) is 2.86. The minimum Gasteiger partial charge on any atom is -0.356 e. The maximum Gasteiger partial charge on any atom is 0.253 e. The van der Waals surface area contributed by atoms with Gasteiger partial charge in [0.05, 0.1) is 0 Å². The Bertz CT molecular complexity index is 783. The molecule has 0 heterocycles. The van der Waals surface area contributed by atoms with Crippen LogP contribution in [0, 0.1) is 6.92 Å². The molecule has 0 saturated heterocycles. The summed E-state index contributed by atoms with van der Waals surface area (Å²) >= 11 is 0. The maximum absolute atomic E-state index is 12.1. The molecule has 1 amide bonds. The fraction of sp³-hybridized carbons (Fsp3) is 0.364. The van der Waals surface area contributed by atoms with Gasteiger partial charge in [-0.3, -0.25) is 9.79 Å². The van der Waals surface area contributed by atoms with E-state index in [0.29, 0.717) is 0 Å². The molecule has 0 unspecified atom stereocenters. The van der Waals surface area contributed by atoms with E-state index < -0.39 is 0 Å². The number of hydrogen-bond donors (Lipinski definition) is 2. The number of benzene rings is 2. The van der Waals surface area contributed by atoms with Crippen LogP contribution in [0.4, 0.5) is 0 Å². The highest BCUT2D eigenvalue weighted by atomic mass is 16.2. The van der Waals surface area contributed by atoms with E-state index in [1.807, 2.05) is 24.3 Å². The van der Waals surface area contributed by atoms with Gasteiger partial charge in [-0.1, -0.05) is 42.0 Å². The molecule has 0 aliphatic carbocycles. The third kappa shape index (κ3) is 6.77. The summed E-state index contributed by atoms with van der Waals surface area (Å²) in [6.45, 7) is 3.69. The van der Waals surface area contributed by atoms with E-state index >= 15 is 0 Å². The van der Waals surface area contributed by atoms with Gasteiger partial charge < -0.3 is 15.5 Å². The first-order chi connectivity index (χ1) is 13.0. The molecule has 2 aromatic carbocycles. The van der Waals surface area contributed by atoms with Crippen LogP contribution in [0.5, 0.6) is 0 Å². The van der Waals surface area contributed by atoms with E-state index in [-0.39, 0.29) is 5.91 Å². The van der Waals surface area contributed by atoms with Crippen molar-refractivity contribution in [3.05, 3.63) is 70.8 Å². The summed E-state index contributed by atoms with van der Waals surface area (Å²) < 4.78 is 0. The number of guanidine groups is 1. The Labute approximate surface area is 162 Å². The standard InChI is InChI=1S/C22H30N4O/c1-17-7-5-8-18(15-17)11-13-24-22(23-2)25-14-12-19-9-6-10-20(16-19)21(27)26(3)4/h5-10,15-16H,11-14H2,1-4H3,(H2,23,24,25). The van der Waals surface area contributed by atoms with Gasteiger partial charge in [-0.2, -0.15) is 0 Å². The van der Waals surface area contributed by atoms with Crippen molar-refractivity contribution in [3.8, 4) is 0 Å². The highest BCUT2D eigenvalue weighted by molar-refractivity contribution is 5.94. The fourth-order valence-corrected chi connectivity index (χ4v) is 2.86. The minimum absolute atomic E-state index is 0.0263. The molecule has 2 aromatic rings. The SMILES string of the molecule is CN=C(NCCc1cccc(C)c1)NCCc1cccc(C(=O)N(C)C)c1. The summed E-state index contributed by atoms with van der Waals surface area (Å²) in [5.74, 6) is 0.821. The van der Waals surface area contributed by atoms with Crippen molar-refractivity contribution in [2.24, 2.45) is 4.99 Å². The average Bonchev–Trinajstić information content (AvgIpc) is 2.66. The summed E-state index contributed by atoms with van der Waals surface area (Å²) in [6.07, 6.45) is 1.78. The zero-order valence-electron chi connectivity index (χ0n) is 16.7. The van der Waals surface area contributed by atoms with Gasteiger partial charge in [0.1, 0.15) is 0 Å². The molecule has 0 bridgehead atoms. The van der Waals surface area contributed by atoms with Crippen molar-refractivity contribution < 1.29 is 4.79 Å². The number of nitrogens with one attached hydrogen (secondary N) is 2. The van der Waals surface area contributed by atoms with Crippen molar-refractivity contribution in [1.29, 1.82) is 0 Å². The molecule has 144 valence electrons. The molecule has 0 fully saturated rings. The van der Waals surface area contributed by atoms with Gasteiger partial charge >= 0.3 is 0 Å². The smallest absolute Gasteiger partial charge is 0.253 e. The first-order valence-electron chi connectivity index (χ1n) is 9.30. The molecule has 5 heteroatoms. The number of rotatable bonds is 7. The summed E-state index contributed by atoms with van der Waals surface area (Å²) in [7, 11) is 5.31. The van der Waals surface area contributed by atoms with Crippen LogP contribution in [0.25, 0.3) is 0 Å². The second-order valence-corrected chi connectivity index (χ2v) is 6.81. The Kier molecular flexibility index (Phi) is 7.86. The molecule has 0 radical (unpaired) electrons. The summed E-state index contributed by atoms with van der Waals surface area (Å²) in [5.41, 5.74) is 4.45. The summed E-state index contributed by atoms with van der Waals surface area (Å²) in [5, 5.41) is 6.68. The van der Waals surface area contributed by atoms with Gasteiger partial charge in [0.15, 0.2) is 5.96 Å². The largest absolute Gasteiger partial charge is 0.356 e. The minimum atomic E-state index is 0.0263. The monoisotopic (exact) mass is 366 g/mol. The molecule has 0 aromatic heterocycles. The zero-order valence-corrected chi connectivity index (χ0v) is 16.7. The highest BCUT2D eigenvalue weighted by Crippen LogP contribution is 2.08. The molecule has 0 aliphatic heterocycles. The average molecular weight is 367 g/mol. The summed E-state index contributed by atoms with van der Waals surface area (Å²) in [4.78, 5) is 17.9. The van der Waals surface area contributed by atoms with Gasteiger partial charge in [0.25, 0.3) is 5.91 Å². The Hall–Kier alpha value is -2.82. The Morgan fingerprint density at radius 2 is 1.56 bits per heavy atom. The molecule has 5 nitrogen and oxygen atoms in total. The van der Waals surface area contributed by atoms with Crippen LogP contribution in [0.15, 0.2) is 53.5 Å². The highest BCUT2D eigenvalue weighted by Gasteiger charge is 2.08. The van der Waals surface area contributed by atoms with E-state index in [2.05, 4.69) is 46.8 Å².